The van der Waals surface area contributed by atoms with Gasteiger partial charge in [0.1, 0.15) is 5.01 Å². The Balaban J connectivity index is 1.66. The minimum Gasteiger partial charge on any atom is -0.454 e. The van der Waals surface area contributed by atoms with Crippen molar-refractivity contribution in [3.63, 3.8) is 0 Å². The van der Waals surface area contributed by atoms with Gasteiger partial charge in [-0.1, -0.05) is 17.4 Å². The fourth-order valence-electron chi connectivity index (χ4n) is 1.68. The highest BCUT2D eigenvalue weighted by molar-refractivity contribution is 7.15. The number of hydrogen-bond acceptors (Lipinski definition) is 6. The molecule has 0 spiro atoms. The first-order valence-corrected chi connectivity index (χ1v) is 6.71. The maximum absolute atomic E-state index is 11.7. The van der Waals surface area contributed by atoms with Crippen LogP contribution in [-0.4, -0.2) is 22.9 Å². The number of carbonyl (C=O) groups is 1. The highest BCUT2D eigenvalue weighted by atomic mass is 32.1. The number of benzene rings is 1. The number of anilines is 1. The standard InChI is InChI=1S/C13H11N3O3S/c1-8-15-16-13(20-8)14-12(17)5-3-9-2-4-10-11(6-9)19-7-18-10/h2-6H,7H2,1H3,(H,14,16,17)/b5-3-. The number of carbonyl (C=O) groups excluding carboxylic acids is 1. The fourth-order valence-corrected chi connectivity index (χ4v) is 2.28. The molecule has 0 atom stereocenters. The van der Waals surface area contributed by atoms with Gasteiger partial charge in [0.15, 0.2) is 11.5 Å². The number of amides is 1. The molecule has 0 fully saturated rings. The van der Waals surface area contributed by atoms with Crippen molar-refractivity contribution < 1.29 is 14.3 Å². The van der Waals surface area contributed by atoms with Gasteiger partial charge >= 0.3 is 0 Å². The van der Waals surface area contributed by atoms with Crippen LogP contribution in [0.3, 0.4) is 0 Å². The second kappa shape index (κ2) is 5.30. The number of aryl methyl sites for hydroxylation is 1. The Hall–Kier alpha value is -2.41. The van der Waals surface area contributed by atoms with E-state index < -0.39 is 0 Å². The number of ether oxygens (including phenoxy) is 2. The van der Waals surface area contributed by atoms with Crippen LogP contribution in [0.1, 0.15) is 10.6 Å². The van der Waals surface area contributed by atoms with Crippen molar-refractivity contribution in [1.82, 2.24) is 10.2 Å². The molecule has 7 heteroatoms. The monoisotopic (exact) mass is 289 g/mol. The molecule has 0 bridgehead atoms. The molecular formula is C13H11N3O3S. The van der Waals surface area contributed by atoms with Gasteiger partial charge in [-0.05, 0) is 30.7 Å². The van der Waals surface area contributed by atoms with E-state index in [0.29, 0.717) is 10.9 Å². The molecule has 102 valence electrons. The first kappa shape index (κ1) is 12.6. The highest BCUT2D eigenvalue weighted by Crippen LogP contribution is 2.32. The Morgan fingerprint density at radius 1 is 1.35 bits per heavy atom. The zero-order valence-electron chi connectivity index (χ0n) is 10.6. The van der Waals surface area contributed by atoms with Gasteiger partial charge in [0, 0.05) is 6.08 Å². The van der Waals surface area contributed by atoms with Gasteiger partial charge in [-0.2, -0.15) is 0 Å². The average Bonchev–Trinajstić information content (AvgIpc) is 3.04. The van der Waals surface area contributed by atoms with E-state index in [9.17, 15) is 4.79 Å². The third-order valence-electron chi connectivity index (χ3n) is 2.58. The lowest BCUT2D eigenvalue weighted by Crippen LogP contribution is -2.07. The maximum Gasteiger partial charge on any atom is 0.250 e. The third-order valence-corrected chi connectivity index (χ3v) is 3.33. The molecule has 3 rings (SSSR count). The predicted molar refractivity (Wildman–Crippen MR) is 74.9 cm³/mol. The van der Waals surface area contributed by atoms with Crippen LogP contribution >= 0.6 is 11.3 Å². The van der Waals surface area contributed by atoms with Crippen molar-refractivity contribution in [2.24, 2.45) is 0 Å². The van der Waals surface area contributed by atoms with E-state index in [1.165, 1.54) is 17.4 Å². The largest absolute Gasteiger partial charge is 0.454 e. The molecule has 1 amide bonds. The summed E-state index contributed by atoms with van der Waals surface area (Å²) in [5.74, 6) is 1.15. The van der Waals surface area contributed by atoms with Crippen molar-refractivity contribution in [1.29, 1.82) is 0 Å². The summed E-state index contributed by atoms with van der Waals surface area (Å²) in [7, 11) is 0. The molecule has 1 aliphatic rings. The van der Waals surface area contributed by atoms with Gasteiger partial charge in [-0.15, -0.1) is 10.2 Å². The van der Waals surface area contributed by atoms with Gasteiger partial charge in [0.05, 0.1) is 0 Å². The molecule has 1 aromatic carbocycles. The van der Waals surface area contributed by atoms with Gasteiger partial charge in [0.2, 0.25) is 17.8 Å². The summed E-state index contributed by atoms with van der Waals surface area (Å²) in [6.07, 6.45) is 3.14. The Bertz CT molecular complexity index is 681. The fraction of sp³-hybridized carbons (Fsp3) is 0.154. The van der Waals surface area contributed by atoms with Crippen molar-refractivity contribution >= 4 is 28.5 Å². The molecule has 2 heterocycles. The Morgan fingerprint density at radius 2 is 2.20 bits per heavy atom. The molecule has 20 heavy (non-hydrogen) atoms. The summed E-state index contributed by atoms with van der Waals surface area (Å²) in [5, 5.41) is 11.6. The van der Waals surface area contributed by atoms with Crippen LogP contribution in [-0.2, 0) is 4.79 Å². The van der Waals surface area contributed by atoms with Gasteiger partial charge in [-0.3, -0.25) is 10.1 Å². The summed E-state index contributed by atoms with van der Waals surface area (Å²) in [6.45, 7) is 2.06. The number of rotatable bonds is 3. The number of aromatic nitrogens is 2. The van der Waals surface area contributed by atoms with E-state index in [-0.39, 0.29) is 12.7 Å². The highest BCUT2D eigenvalue weighted by Gasteiger charge is 2.12. The summed E-state index contributed by atoms with van der Waals surface area (Å²) < 4.78 is 10.5. The van der Waals surface area contributed by atoms with Crippen molar-refractivity contribution in [3.05, 3.63) is 34.8 Å². The Kier molecular flexibility index (Phi) is 3.34. The van der Waals surface area contributed by atoms with Crippen LogP contribution in [0.5, 0.6) is 11.5 Å². The minimum absolute atomic E-state index is 0.236. The van der Waals surface area contributed by atoms with Gasteiger partial charge < -0.3 is 9.47 Å². The first-order valence-electron chi connectivity index (χ1n) is 5.89. The lowest BCUT2D eigenvalue weighted by Gasteiger charge is -1.98. The van der Waals surface area contributed by atoms with E-state index in [0.717, 1.165) is 16.3 Å². The number of hydrogen-bond donors (Lipinski definition) is 1. The van der Waals surface area contributed by atoms with E-state index in [4.69, 9.17) is 9.47 Å². The quantitative estimate of drug-likeness (QED) is 0.877. The van der Waals surface area contributed by atoms with Gasteiger partial charge in [0.25, 0.3) is 0 Å². The molecule has 0 unspecified atom stereocenters. The lowest BCUT2D eigenvalue weighted by molar-refractivity contribution is -0.111. The normalized spacial score (nSPS) is 12.8. The summed E-state index contributed by atoms with van der Waals surface area (Å²) in [5.41, 5.74) is 0.859. The molecule has 1 aromatic heterocycles. The van der Waals surface area contributed by atoms with Gasteiger partial charge in [-0.25, -0.2) is 0 Å². The molecule has 0 aliphatic carbocycles. The number of nitrogens with one attached hydrogen (secondary N) is 1. The summed E-state index contributed by atoms with van der Waals surface area (Å²) >= 11 is 1.33. The zero-order valence-corrected chi connectivity index (χ0v) is 11.4. The Morgan fingerprint density at radius 3 is 3.00 bits per heavy atom. The molecular weight excluding hydrogens is 278 g/mol. The minimum atomic E-state index is -0.251. The molecule has 1 aliphatic heterocycles. The number of fused-ring (bicyclic) bond motifs is 1. The second-order valence-electron chi connectivity index (χ2n) is 4.06. The Labute approximate surface area is 119 Å². The molecule has 0 radical (unpaired) electrons. The van der Waals surface area contributed by atoms with Crippen LogP contribution < -0.4 is 14.8 Å². The van der Waals surface area contributed by atoms with Crippen LogP contribution in [0.25, 0.3) is 6.08 Å². The molecule has 0 saturated heterocycles. The molecule has 1 N–H and O–H groups in total. The molecule has 2 aromatic rings. The van der Waals surface area contributed by atoms with Crippen LogP contribution in [0.15, 0.2) is 24.3 Å². The number of nitrogens with zero attached hydrogens (tertiary/aromatic N) is 2. The smallest absolute Gasteiger partial charge is 0.250 e. The van der Waals surface area contributed by atoms with E-state index in [2.05, 4.69) is 15.5 Å². The maximum atomic E-state index is 11.7. The van der Waals surface area contributed by atoms with Crippen molar-refractivity contribution in [2.75, 3.05) is 12.1 Å². The van der Waals surface area contributed by atoms with Crippen molar-refractivity contribution in [2.45, 2.75) is 6.92 Å². The van der Waals surface area contributed by atoms with Crippen LogP contribution in [0, 0.1) is 6.92 Å². The van der Waals surface area contributed by atoms with Crippen LogP contribution in [0.2, 0.25) is 0 Å². The van der Waals surface area contributed by atoms with Crippen LogP contribution in [0.4, 0.5) is 5.13 Å². The lowest BCUT2D eigenvalue weighted by atomic mass is 10.2. The third kappa shape index (κ3) is 2.77. The van der Waals surface area contributed by atoms with E-state index in [1.54, 1.807) is 6.08 Å². The zero-order chi connectivity index (χ0) is 13.9. The SMILES string of the molecule is Cc1nnc(NC(=O)/C=C\c2ccc3c(c2)OCO3)s1. The van der Waals surface area contributed by atoms with E-state index >= 15 is 0 Å². The van der Waals surface area contributed by atoms with E-state index in [1.807, 2.05) is 25.1 Å². The summed E-state index contributed by atoms with van der Waals surface area (Å²) in [4.78, 5) is 11.7. The summed E-state index contributed by atoms with van der Waals surface area (Å²) in [6, 6.07) is 5.49. The van der Waals surface area contributed by atoms with Crippen molar-refractivity contribution in [3.8, 4) is 11.5 Å². The second-order valence-corrected chi connectivity index (χ2v) is 5.24. The first-order chi connectivity index (χ1) is 9.70. The molecule has 0 saturated carbocycles. The topological polar surface area (TPSA) is 73.3 Å². The predicted octanol–water partition coefficient (Wildman–Crippen LogP) is 2.23. The molecule has 6 nitrogen and oxygen atoms in total. The average molecular weight is 289 g/mol.